The van der Waals surface area contributed by atoms with Gasteiger partial charge < -0.3 is 14.6 Å². The van der Waals surface area contributed by atoms with Crippen LogP contribution in [0.25, 0.3) is 10.9 Å². The van der Waals surface area contributed by atoms with Crippen LogP contribution in [0.5, 0.6) is 0 Å². The van der Waals surface area contributed by atoms with Crippen LogP contribution in [0, 0.1) is 5.41 Å². The number of carboxylic acid groups (broad SMARTS) is 1. The van der Waals surface area contributed by atoms with Crippen molar-refractivity contribution in [1.29, 1.82) is 5.41 Å². The molecule has 25 heavy (non-hydrogen) atoms. The van der Waals surface area contributed by atoms with Gasteiger partial charge in [0.05, 0.1) is 5.71 Å². The largest absolute Gasteiger partial charge is 0.481 e. The number of benzene rings is 2. The lowest BCUT2D eigenvalue weighted by Crippen LogP contribution is -2.08. The Hall–Kier alpha value is -3.08. The van der Waals surface area contributed by atoms with Gasteiger partial charge in [-0.2, -0.15) is 0 Å². The lowest BCUT2D eigenvalue weighted by atomic mass is 10.0. The average Bonchev–Trinajstić information content (AvgIpc) is 2.91. The standard InChI is InChI=1S/C18H19N3.C2H4O2/c1-20(2)14-9-10-17-15(11-14)16(12-21(17)3)18(19)13-7-5-4-6-8-13;1-2(3)4/h4-12,19H,1-3H3;1H3,(H,3,4). The van der Waals surface area contributed by atoms with E-state index in [1.165, 1.54) is 0 Å². The van der Waals surface area contributed by atoms with Gasteiger partial charge in [0.2, 0.25) is 0 Å². The zero-order valence-corrected chi connectivity index (χ0v) is 14.9. The number of aromatic nitrogens is 1. The number of aryl methyl sites for hydroxylation is 1. The van der Waals surface area contributed by atoms with Crippen molar-refractivity contribution < 1.29 is 9.90 Å². The zero-order valence-electron chi connectivity index (χ0n) is 14.9. The summed E-state index contributed by atoms with van der Waals surface area (Å²) in [5.74, 6) is -0.833. The van der Waals surface area contributed by atoms with Gasteiger partial charge in [-0.1, -0.05) is 30.3 Å². The topological polar surface area (TPSA) is 69.3 Å². The molecule has 0 spiro atoms. The Morgan fingerprint density at radius 1 is 1.12 bits per heavy atom. The van der Waals surface area contributed by atoms with Gasteiger partial charge in [-0.05, 0) is 18.2 Å². The molecule has 0 aliphatic rings. The molecule has 1 aromatic heterocycles. The van der Waals surface area contributed by atoms with E-state index >= 15 is 0 Å². The molecule has 2 N–H and O–H groups in total. The van der Waals surface area contributed by atoms with Crippen LogP contribution in [-0.4, -0.2) is 35.4 Å². The minimum atomic E-state index is -0.833. The maximum Gasteiger partial charge on any atom is 0.300 e. The Labute approximate surface area is 147 Å². The normalized spacial score (nSPS) is 10.1. The number of anilines is 1. The molecule has 0 bridgehead atoms. The number of hydrogen-bond acceptors (Lipinski definition) is 3. The van der Waals surface area contributed by atoms with Crippen molar-refractivity contribution in [2.45, 2.75) is 6.92 Å². The summed E-state index contributed by atoms with van der Waals surface area (Å²) in [5, 5.41) is 17.1. The first-order valence-electron chi connectivity index (χ1n) is 7.91. The minimum absolute atomic E-state index is 0.567. The third-order valence-corrected chi connectivity index (χ3v) is 3.82. The summed E-state index contributed by atoms with van der Waals surface area (Å²) in [7, 11) is 6.10. The molecule has 1 heterocycles. The number of nitrogens with one attached hydrogen (secondary N) is 1. The van der Waals surface area contributed by atoms with E-state index in [0.29, 0.717) is 5.71 Å². The molecular weight excluding hydrogens is 314 g/mol. The average molecular weight is 337 g/mol. The van der Waals surface area contributed by atoms with E-state index in [2.05, 4.69) is 27.7 Å². The second kappa shape index (κ2) is 7.66. The number of fused-ring (bicyclic) bond motifs is 1. The third-order valence-electron chi connectivity index (χ3n) is 3.82. The Bertz CT molecular complexity index is 892. The van der Waals surface area contributed by atoms with E-state index < -0.39 is 5.97 Å². The van der Waals surface area contributed by atoms with Gasteiger partial charge in [0.1, 0.15) is 0 Å². The van der Waals surface area contributed by atoms with E-state index in [1.54, 1.807) is 0 Å². The lowest BCUT2D eigenvalue weighted by molar-refractivity contribution is -0.134. The maximum absolute atomic E-state index is 9.00. The Morgan fingerprint density at radius 2 is 1.72 bits per heavy atom. The van der Waals surface area contributed by atoms with Crippen LogP contribution in [0.1, 0.15) is 18.1 Å². The van der Waals surface area contributed by atoms with Crippen molar-refractivity contribution in [1.82, 2.24) is 4.57 Å². The molecule has 0 radical (unpaired) electrons. The van der Waals surface area contributed by atoms with Crippen LogP contribution in [0.2, 0.25) is 0 Å². The predicted octanol–water partition coefficient (Wildman–Crippen LogP) is 3.75. The quantitative estimate of drug-likeness (QED) is 0.715. The van der Waals surface area contributed by atoms with Gasteiger partial charge in [-0.25, -0.2) is 0 Å². The van der Waals surface area contributed by atoms with Crippen LogP contribution in [0.15, 0.2) is 54.7 Å². The molecule has 2 aromatic carbocycles. The van der Waals surface area contributed by atoms with Gasteiger partial charge in [-0.3, -0.25) is 10.2 Å². The van der Waals surface area contributed by atoms with E-state index in [4.69, 9.17) is 15.3 Å². The van der Waals surface area contributed by atoms with Gasteiger partial charge in [-0.15, -0.1) is 0 Å². The molecule has 0 aliphatic heterocycles. The van der Waals surface area contributed by atoms with Crippen molar-refractivity contribution in [3.8, 4) is 0 Å². The van der Waals surface area contributed by atoms with Gasteiger partial charge in [0.15, 0.2) is 0 Å². The molecule has 5 nitrogen and oxygen atoms in total. The number of carboxylic acids is 1. The fraction of sp³-hybridized carbons (Fsp3) is 0.200. The summed E-state index contributed by atoms with van der Waals surface area (Å²) in [6.45, 7) is 1.08. The molecule has 5 heteroatoms. The number of aliphatic carboxylic acids is 1. The minimum Gasteiger partial charge on any atom is -0.481 e. The van der Waals surface area contributed by atoms with Gasteiger partial charge in [0.25, 0.3) is 5.97 Å². The fourth-order valence-corrected chi connectivity index (χ4v) is 2.62. The molecule has 0 atom stereocenters. The highest BCUT2D eigenvalue weighted by atomic mass is 16.4. The second-order valence-electron chi connectivity index (χ2n) is 6.01. The SMILES string of the molecule is CC(=O)O.CN(C)c1ccc2c(c1)c(C(=N)c1ccccc1)cn2C. The molecule has 0 saturated heterocycles. The van der Waals surface area contributed by atoms with Crippen molar-refractivity contribution in [3.05, 3.63) is 65.9 Å². The highest BCUT2D eigenvalue weighted by Gasteiger charge is 2.13. The van der Waals surface area contributed by atoms with Gasteiger partial charge >= 0.3 is 0 Å². The Balaban J connectivity index is 0.000000511. The van der Waals surface area contributed by atoms with Crippen molar-refractivity contribution in [2.24, 2.45) is 7.05 Å². The molecule has 3 aromatic rings. The summed E-state index contributed by atoms with van der Waals surface area (Å²) in [6.07, 6.45) is 2.04. The number of hydrogen-bond donors (Lipinski definition) is 2. The van der Waals surface area contributed by atoms with Crippen molar-refractivity contribution >= 4 is 28.3 Å². The summed E-state index contributed by atoms with van der Waals surface area (Å²) >= 11 is 0. The fourth-order valence-electron chi connectivity index (χ4n) is 2.62. The van der Waals surface area contributed by atoms with Crippen molar-refractivity contribution in [3.63, 3.8) is 0 Å². The van der Waals surface area contributed by atoms with Crippen molar-refractivity contribution in [2.75, 3.05) is 19.0 Å². The maximum atomic E-state index is 9.00. The first-order valence-corrected chi connectivity index (χ1v) is 7.91. The first kappa shape index (κ1) is 18.3. The molecule has 3 rings (SSSR count). The molecule has 0 amide bonds. The Morgan fingerprint density at radius 3 is 2.28 bits per heavy atom. The van der Waals surface area contributed by atoms with Gasteiger partial charge in [0, 0.05) is 62.0 Å². The van der Waals surface area contributed by atoms with E-state index in [0.717, 1.165) is 34.6 Å². The summed E-state index contributed by atoms with van der Waals surface area (Å²) in [5.41, 5.74) is 4.78. The number of rotatable bonds is 3. The second-order valence-corrected chi connectivity index (χ2v) is 6.01. The third kappa shape index (κ3) is 4.26. The van der Waals surface area contributed by atoms with E-state index in [-0.39, 0.29) is 0 Å². The molecule has 0 saturated carbocycles. The smallest absolute Gasteiger partial charge is 0.300 e. The lowest BCUT2D eigenvalue weighted by Gasteiger charge is -2.12. The van der Waals surface area contributed by atoms with Crippen LogP contribution in [-0.2, 0) is 11.8 Å². The van der Waals surface area contributed by atoms with E-state index in [9.17, 15) is 0 Å². The summed E-state index contributed by atoms with van der Waals surface area (Å²) < 4.78 is 2.08. The number of nitrogens with zero attached hydrogens (tertiary/aromatic N) is 2. The van der Waals surface area contributed by atoms with Crippen LogP contribution < -0.4 is 4.90 Å². The predicted molar refractivity (Wildman–Crippen MR) is 103 cm³/mol. The summed E-state index contributed by atoms with van der Waals surface area (Å²) in [4.78, 5) is 11.1. The highest BCUT2D eigenvalue weighted by Crippen LogP contribution is 2.27. The van der Waals surface area contributed by atoms with Crippen LogP contribution >= 0.6 is 0 Å². The van der Waals surface area contributed by atoms with E-state index in [1.807, 2.05) is 57.7 Å². The first-order chi connectivity index (χ1) is 11.8. The number of carbonyl (C=O) groups is 1. The molecule has 0 aliphatic carbocycles. The zero-order chi connectivity index (χ0) is 18.6. The monoisotopic (exact) mass is 337 g/mol. The Kier molecular flexibility index (Phi) is 5.60. The molecule has 0 fully saturated rings. The highest BCUT2D eigenvalue weighted by molar-refractivity contribution is 6.18. The molecular formula is C20H23N3O2. The molecule has 0 unspecified atom stereocenters. The summed E-state index contributed by atoms with van der Waals surface area (Å²) in [6, 6.07) is 16.3. The van der Waals surface area contributed by atoms with Crippen LogP contribution in [0.4, 0.5) is 5.69 Å². The van der Waals surface area contributed by atoms with Crippen LogP contribution in [0.3, 0.4) is 0 Å². The molecule has 130 valence electrons.